The molecule has 0 saturated heterocycles. The highest BCUT2D eigenvalue weighted by Crippen LogP contribution is 2.13. The van der Waals surface area contributed by atoms with Crippen molar-refractivity contribution < 1.29 is 9.90 Å². The van der Waals surface area contributed by atoms with Gasteiger partial charge in [-0.1, -0.05) is 18.5 Å². The van der Waals surface area contributed by atoms with Crippen LogP contribution in [0.15, 0.2) is 36.5 Å². The number of rotatable bonds is 6. The summed E-state index contributed by atoms with van der Waals surface area (Å²) in [7, 11) is 1.89. The number of aliphatic carboxylic acids is 1. The van der Waals surface area contributed by atoms with Crippen molar-refractivity contribution in [2.75, 3.05) is 13.6 Å². The van der Waals surface area contributed by atoms with Crippen molar-refractivity contribution in [2.24, 2.45) is 5.92 Å². The summed E-state index contributed by atoms with van der Waals surface area (Å²) in [4.78, 5) is 12.8. The second kappa shape index (κ2) is 6.74. The van der Waals surface area contributed by atoms with Crippen molar-refractivity contribution in [3.63, 3.8) is 0 Å². The van der Waals surface area contributed by atoms with Crippen LogP contribution in [0.5, 0.6) is 0 Å². The number of halogens is 1. The van der Waals surface area contributed by atoms with Gasteiger partial charge in [0.1, 0.15) is 0 Å². The lowest BCUT2D eigenvalue weighted by molar-refractivity contribution is -0.141. The van der Waals surface area contributed by atoms with Gasteiger partial charge in [-0.25, -0.2) is 4.68 Å². The van der Waals surface area contributed by atoms with Gasteiger partial charge in [0.2, 0.25) is 0 Å². The summed E-state index contributed by atoms with van der Waals surface area (Å²) in [5.41, 5.74) is 1.83. The molecule has 0 fully saturated rings. The minimum atomic E-state index is -0.784. The molecule has 0 bridgehead atoms. The highest BCUT2D eigenvalue weighted by molar-refractivity contribution is 6.30. The molecule has 2 aromatic rings. The maximum Gasteiger partial charge on any atom is 0.307 e. The Kier molecular flexibility index (Phi) is 4.98. The van der Waals surface area contributed by atoms with Crippen molar-refractivity contribution in [3.05, 3.63) is 47.2 Å². The summed E-state index contributed by atoms with van der Waals surface area (Å²) >= 11 is 5.86. The average Bonchev–Trinajstić information content (AvgIpc) is 2.87. The first kappa shape index (κ1) is 15.5. The van der Waals surface area contributed by atoms with E-state index in [1.165, 1.54) is 0 Å². The third kappa shape index (κ3) is 4.31. The number of benzene rings is 1. The monoisotopic (exact) mass is 307 g/mol. The Labute approximate surface area is 128 Å². The number of carboxylic acid groups (broad SMARTS) is 1. The quantitative estimate of drug-likeness (QED) is 0.891. The molecular formula is C15H18ClN3O2. The molecule has 1 aromatic heterocycles. The van der Waals surface area contributed by atoms with E-state index in [0.717, 1.165) is 11.4 Å². The second-order valence-corrected chi connectivity index (χ2v) is 5.60. The number of carbonyl (C=O) groups is 1. The topological polar surface area (TPSA) is 58.4 Å². The number of hydrogen-bond donors (Lipinski definition) is 1. The van der Waals surface area contributed by atoms with Crippen LogP contribution < -0.4 is 0 Å². The summed E-state index contributed by atoms with van der Waals surface area (Å²) in [5, 5.41) is 14.1. The molecule has 112 valence electrons. The van der Waals surface area contributed by atoms with Crippen molar-refractivity contribution in [1.82, 2.24) is 14.7 Å². The molecule has 0 aliphatic carbocycles. The van der Waals surface area contributed by atoms with Crippen LogP contribution in [0.4, 0.5) is 0 Å². The molecule has 0 aliphatic rings. The van der Waals surface area contributed by atoms with Crippen molar-refractivity contribution >= 4 is 17.6 Å². The molecule has 1 aromatic carbocycles. The minimum Gasteiger partial charge on any atom is -0.481 e. The fourth-order valence-corrected chi connectivity index (χ4v) is 2.20. The highest BCUT2D eigenvalue weighted by Gasteiger charge is 2.14. The van der Waals surface area contributed by atoms with Gasteiger partial charge in [0, 0.05) is 24.3 Å². The number of hydrogen-bond acceptors (Lipinski definition) is 3. The molecule has 6 heteroatoms. The van der Waals surface area contributed by atoms with Crippen LogP contribution in [-0.4, -0.2) is 39.3 Å². The summed E-state index contributed by atoms with van der Waals surface area (Å²) in [6, 6.07) is 9.36. The van der Waals surface area contributed by atoms with E-state index in [1.807, 2.05) is 48.5 Å². The molecule has 5 nitrogen and oxygen atoms in total. The van der Waals surface area contributed by atoms with E-state index in [2.05, 4.69) is 5.10 Å². The van der Waals surface area contributed by atoms with Crippen LogP contribution in [0.1, 0.15) is 12.6 Å². The first-order valence-electron chi connectivity index (χ1n) is 6.67. The standard InChI is InChI=1S/C15H18ClN3O2/c1-11(15(20)21)9-18(2)10-13-7-8-19(17-13)14-5-3-12(16)4-6-14/h3-8,11H,9-10H2,1-2H3,(H,20,21). The molecule has 0 amide bonds. The molecule has 0 radical (unpaired) electrons. The smallest absolute Gasteiger partial charge is 0.307 e. The molecule has 0 saturated carbocycles. The molecule has 21 heavy (non-hydrogen) atoms. The van der Waals surface area contributed by atoms with Crippen LogP contribution in [0, 0.1) is 5.92 Å². The van der Waals surface area contributed by atoms with Crippen LogP contribution >= 0.6 is 11.6 Å². The lowest BCUT2D eigenvalue weighted by Crippen LogP contribution is -2.28. The minimum absolute atomic E-state index is 0.395. The Morgan fingerprint density at radius 3 is 2.67 bits per heavy atom. The molecular weight excluding hydrogens is 290 g/mol. The van der Waals surface area contributed by atoms with Crippen LogP contribution in [-0.2, 0) is 11.3 Å². The van der Waals surface area contributed by atoms with E-state index in [0.29, 0.717) is 18.1 Å². The van der Waals surface area contributed by atoms with E-state index in [-0.39, 0.29) is 0 Å². The number of aromatic nitrogens is 2. The van der Waals surface area contributed by atoms with Crippen molar-refractivity contribution in [3.8, 4) is 5.69 Å². The van der Waals surface area contributed by atoms with Gasteiger partial charge in [-0.05, 0) is 37.4 Å². The number of carboxylic acids is 1. The third-order valence-corrected chi connectivity index (χ3v) is 3.43. The van der Waals surface area contributed by atoms with Gasteiger partial charge in [0.25, 0.3) is 0 Å². The average molecular weight is 308 g/mol. The van der Waals surface area contributed by atoms with Gasteiger partial charge in [-0.15, -0.1) is 0 Å². The van der Waals surface area contributed by atoms with Crippen molar-refractivity contribution in [2.45, 2.75) is 13.5 Å². The van der Waals surface area contributed by atoms with E-state index >= 15 is 0 Å². The van der Waals surface area contributed by atoms with Crippen LogP contribution in [0.25, 0.3) is 5.69 Å². The zero-order chi connectivity index (χ0) is 15.4. The SMILES string of the molecule is CC(CN(C)Cc1ccn(-c2ccc(Cl)cc2)n1)C(=O)O. The molecule has 0 aliphatic heterocycles. The molecule has 1 atom stereocenters. The Morgan fingerprint density at radius 1 is 1.38 bits per heavy atom. The normalized spacial score (nSPS) is 12.6. The molecule has 0 spiro atoms. The zero-order valence-electron chi connectivity index (χ0n) is 12.0. The highest BCUT2D eigenvalue weighted by atomic mass is 35.5. The van der Waals surface area contributed by atoms with Gasteiger partial charge < -0.3 is 5.11 Å². The molecule has 1 N–H and O–H groups in total. The maximum atomic E-state index is 10.8. The Morgan fingerprint density at radius 2 is 2.05 bits per heavy atom. The summed E-state index contributed by atoms with van der Waals surface area (Å²) in [5.74, 6) is -1.18. The Bertz CT molecular complexity index is 610. The van der Waals surface area contributed by atoms with Gasteiger partial charge in [0.15, 0.2) is 0 Å². The largest absolute Gasteiger partial charge is 0.481 e. The maximum absolute atomic E-state index is 10.8. The molecule has 2 rings (SSSR count). The first-order chi connectivity index (χ1) is 9.95. The van der Waals surface area contributed by atoms with E-state index < -0.39 is 11.9 Å². The van der Waals surface area contributed by atoms with Crippen LogP contribution in [0.3, 0.4) is 0 Å². The predicted molar refractivity (Wildman–Crippen MR) is 81.7 cm³/mol. The van der Waals surface area contributed by atoms with Gasteiger partial charge in [-0.2, -0.15) is 5.10 Å². The second-order valence-electron chi connectivity index (χ2n) is 5.16. The lowest BCUT2D eigenvalue weighted by Gasteiger charge is -2.17. The number of nitrogens with zero attached hydrogens (tertiary/aromatic N) is 3. The van der Waals surface area contributed by atoms with Gasteiger partial charge >= 0.3 is 5.97 Å². The fraction of sp³-hybridized carbons (Fsp3) is 0.333. The van der Waals surface area contributed by atoms with Crippen molar-refractivity contribution in [1.29, 1.82) is 0 Å². The van der Waals surface area contributed by atoms with Gasteiger partial charge in [0.05, 0.1) is 17.3 Å². The summed E-state index contributed by atoms with van der Waals surface area (Å²) in [6.07, 6.45) is 1.88. The zero-order valence-corrected chi connectivity index (χ0v) is 12.8. The van der Waals surface area contributed by atoms with E-state index in [4.69, 9.17) is 16.7 Å². The lowest BCUT2D eigenvalue weighted by atomic mass is 10.2. The van der Waals surface area contributed by atoms with E-state index in [9.17, 15) is 4.79 Å². The van der Waals surface area contributed by atoms with E-state index in [1.54, 1.807) is 11.6 Å². The fourth-order valence-electron chi connectivity index (χ4n) is 2.07. The Hall–Kier alpha value is -1.85. The molecule has 1 unspecified atom stereocenters. The first-order valence-corrected chi connectivity index (χ1v) is 7.05. The molecule has 1 heterocycles. The van der Waals surface area contributed by atoms with Crippen LogP contribution in [0.2, 0.25) is 5.02 Å². The summed E-state index contributed by atoms with van der Waals surface area (Å²) in [6.45, 7) is 2.80. The predicted octanol–water partition coefficient (Wildman–Crippen LogP) is 2.68. The summed E-state index contributed by atoms with van der Waals surface area (Å²) < 4.78 is 1.78. The van der Waals surface area contributed by atoms with Gasteiger partial charge in [-0.3, -0.25) is 9.69 Å². The Balaban J connectivity index is 2.00. The third-order valence-electron chi connectivity index (χ3n) is 3.17.